The van der Waals surface area contributed by atoms with Crippen LogP contribution in [0.25, 0.3) is 0 Å². The van der Waals surface area contributed by atoms with Crippen LogP contribution in [0.15, 0.2) is 36.8 Å². The number of amides is 2. The lowest BCUT2D eigenvalue weighted by Crippen LogP contribution is -2.54. The first-order valence-corrected chi connectivity index (χ1v) is 16.3. The number of aliphatic carboxylic acids is 1. The SMILES string of the molecule is CC[C@H]1CCN(C[C@@H]2CCCN2C(=O)CCc2cncn2Cc2ccc(C#N)cc2)[C@@H]1C(=O)N[C@@H](CCSC)C(=O)O. The minimum Gasteiger partial charge on any atom is -0.480 e. The summed E-state index contributed by atoms with van der Waals surface area (Å²) in [6, 6.07) is 8.38. The first-order valence-electron chi connectivity index (χ1n) is 14.9. The average molecular weight is 595 g/mol. The van der Waals surface area contributed by atoms with E-state index < -0.39 is 12.0 Å². The molecule has 10 nitrogen and oxygen atoms in total. The number of nitrogens with zero attached hydrogens (tertiary/aromatic N) is 5. The summed E-state index contributed by atoms with van der Waals surface area (Å²) >= 11 is 1.56. The maximum atomic E-state index is 13.4. The van der Waals surface area contributed by atoms with Crippen molar-refractivity contribution < 1.29 is 19.5 Å². The monoisotopic (exact) mass is 594 g/mol. The van der Waals surface area contributed by atoms with Crippen LogP contribution in [-0.2, 0) is 27.3 Å². The molecule has 226 valence electrons. The summed E-state index contributed by atoms with van der Waals surface area (Å²) in [6.45, 7) is 4.81. The molecule has 0 spiro atoms. The highest BCUT2D eigenvalue weighted by Gasteiger charge is 2.42. The molecular formula is C31H42N6O4S. The first-order chi connectivity index (χ1) is 20.3. The normalized spacial score (nSPS) is 21.3. The van der Waals surface area contributed by atoms with Crippen molar-refractivity contribution in [3.8, 4) is 6.07 Å². The van der Waals surface area contributed by atoms with E-state index in [1.54, 1.807) is 36.4 Å². The van der Waals surface area contributed by atoms with Crippen molar-refractivity contribution in [2.75, 3.05) is 31.6 Å². The molecule has 3 heterocycles. The first kappa shape index (κ1) is 31.6. The fourth-order valence-corrected chi connectivity index (χ4v) is 6.74. The molecule has 2 fully saturated rings. The topological polar surface area (TPSA) is 132 Å². The van der Waals surface area contributed by atoms with E-state index in [1.165, 1.54) is 0 Å². The van der Waals surface area contributed by atoms with Gasteiger partial charge in [-0.05, 0) is 74.3 Å². The van der Waals surface area contributed by atoms with E-state index in [9.17, 15) is 19.5 Å². The van der Waals surface area contributed by atoms with E-state index in [0.717, 1.165) is 43.5 Å². The number of carbonyl (C=O) groups excluding carboxylic acids is 2. The molecule has 0 bridgehead atoms. The summed E-state index contributed by atoms with van der Waals surface area (Å²) in [5.41, 5.74) is 2.67. The van der Waals surface area contributed by atoms with Crippen molar-refractivity contribution in [3.05, 3.63) is 53.6 Å². The number of aromatic nitrogens is 2. The fourth-order valence-electron chi connectivity index (χ4n) is 6.27. The number of likely N-dealkylation sites (tertiary alicyclic amines) is 2. The van der Waals surface area contributed by atoms with Gasteiger partial charge >= 0.3 is 5.97 Å². The summed E-state index contributed by atoms with van der Waals surface area (Å²) in [5, 5.41) is 21.5. The maximum Gasteiger partial charge on any atom is 0.326 e. The third-order valence-corrected chi connectivity index (χ3v) is 9.26. The van der Waals surface area contributed by atoms with Crippen molar-refractivity contribution in [3.63, 3.8) is 0 Å². The number of carbonyl (C=O) groups is 3. The Morgan fingerprint density at radius 3 is 2.69 bits per heavy atom. The van der Waals surface area contributed by atoms with Crippen LogP contribution in [-0.4, -0.2) is 92.0 Å². The molecule has 2 saturated heterocycles. The number of aryl methyl sites for hydroxylation is 1. The van der Waals surface area contributed by atoms with Crippen LogP contribution in [0.1, 0.15) is 62.3 Å². The van der Waals surface area contributed by atoms with E-state index in [1.807, 2.05) is 27.9 Å². The number of imidazole rings is 1. The van der Waals surface area contributed by atoms with Crippen LogP contribution < -0.4 is 5.32 Å². The molecule has 11 heteroatoms. The van der Waals surface area contributed by atoms with Crippen LogP contribution >= 0.6 is 11.8 Å². The Balaban J connectivity index is 1.35. The molecule has 0 unspecified atom stereocenters. The van der Waals surface area contributed by atoms with E-state index in [4.69, 9.17) is 5.26 Å². The molecule has 0 saturated carbocycles. The molecule has 1 aromatic carbocycles. The zero-order chi connectivity index (χ0) is 30.1. The summed E-state index contributed by atoms with van der Waals surface area (Å²) in [5.74, 6) is -0.265. The number of nitriles is 1. The fraction of sp³-hybridized carbons (Fsp3) is 0.581. The molecule has 2 N–H and O–H groups in total. The van der Waals surface area contributed by atoms with Crippen molar-refractivity contribution >= 4 is 29.5 Å². The number of hydrogen-bond donors (Lipinski definition) is 2. The molecule has 2 amide bonds. The number of carboxylic acid groups (broad SMARTS) is 1. The molecule has 0 aliphatic carbocycles. The number of thioether (sulfide) groups is 1. The van der Waals surface area contributed by atoms with Gasteiger partial charge in [-0.2, -0.15) is 17.0 Å². The van der Waals surface area contributed by atoms with E-state index >= 15 is 0 Å². The highest BCUT2D eigenvalue weighted by molar-refractivity contribution is 7.98. The van der Waals surface area contributed by atoms with Gasteiger partial charge in [0.05, 0.1) is 24.0 Å². The van der Waals surface area contributed by atoms with Crippen LogP contribution in [0.2, 0.25) is 0 Å². The van der Waals surface area contributed by atoms with Crippen molar-refractivity contribution in [1.82, 2.24) is 24.7 Å². The van der Waals surface area contributed by atoms with Crippen molar-refractivity contribution in [2.24, 2.45) is 5.92 Å². The third kappa shape index (κ3) is 7.92. The summed E-state index contributed by atoms with van der Waals surface area (Å²) in [7, 11) is 0. The average Bonchev–Trinajstić information content (AvgIpc) is 3.74. The van der Waals surface area contributed by atoms with Gasteiger partial charge in [-0.1, -0.05) is 25.5 Å². The molecule has 1 aromatic heterocycles. The van der Waals surface area contributed by atoms with E-state index in [2.05, 4.69) is 28.2 Å². The summed E-state index contributed by atoms with van der Waals surface area (Å²) in [4.78, 5) is 47.0. The minimum absolute atomic E-state index is 0.0405. The van der Waals surface area contributed by atoms with Crippen molar-refractivity contribution in [2.45, 2.75) is 76.5 Å². The van der Waals surface area contributed by atoms with Crippen LogP contribution in [0, 0.1) is 17.2 Å². The zero-order valence-electron chi connectivity index (χ0n) is 24.6. The standard InChI is InChI=1S/C31H42N6O4S/c1-3-24-12-15-35(29(24)30(39)34-27(31(40)41)13-16-42-2)20-26-5-4-14-37(26)28(38)11-10-25-18-33-21-36(25)19-23-8-6-22(17-32)7-9-23/h6-9,18,21,24,26-27,29H,3-5,10-16,19-20H2,1-2H3,(H,34,39)(H,40,41)/t24-,26-,27-,29-/m0/s1. The van der Waals surface area contributed by atoms with Gasteiger partial charge in [0.1, 0.15) is 6.04 Å². The van der Waals surface area contributed by atoms with Crippen molar-refractivity contribution in [1.29, 1.82) is 5.26 Å². The number of benzene rings is 1. The summed E-state index contributed by atoms with van der Waals surface area (Å²) < 4.78 is 2.04. The van der Waals surface area contributed by atoms with Crippen LogP contribution in [0.3, 0.4) is 0 Å². The third-order valence-electron chi connectivity index (χ3n) is 8.62. The highest BCUT2D eigenvalue weighted by Crippen LogP contribution is 2.30. The zero-order valence-corrected chi connectivity index (χ0v) is 25.4. The van der Waals surface area contributed by atoms with Crippen LogP contribution in [0.5, 0.6) is 0 Å². The van der Waals surface area contributed by atoms with Gasteiger partial charge in [-0.25, -0.2) is 9.78 Å². The van der Waals surface area contributed by atoms with E-state index in [0.29, 0.717) is 50.2 Å². The lowest BCUT2D eigenvalue weighted by Gasteiger charge is -2.33. The molecule has 4 rings (SSSR count). The van der Waals surface area contributed by atoms with Gasteiger partial charge in [-0.3, -0.25) is 14.5 Å². The van der Waals surface area contributed by atoms with Gasteiger partial charge in [0.25, 0.3) is 0 Å². The van der Waals surface area contributed by atoms with Crippen LogP contribution in [0.4, 0.5) is 0 Å². The lowest BCUT2D eigenvalue weighted by molar-refractivity contribution is -0.143. The second-order valence-corrected chi connectivity index (χ2v) is 12.3. The molecule has 42 heavy (non-hydrogen) atoms. The predicted octanol–water partition coefficient (Wildman–Crippen LogP) is 3.15. The Kier molecular flexibility index (Phi) is 11.4. The quantitative estimate of drug-likeness (QED) is 0.341. The Morgan fingerprint density at radius 1 is 1.21 bits per heavy atom. The van der Waals surface area contributed by atoms with Gasteiger partial charge in [0.2, 0.25) is 11.8 Å². The molecule has 4 atom stereocenters. The van der Waals surface area contributed by atoms with Gasteiger partial charge < -0.3 is 19.9 Å². The molecule has 2 aliphatic heterocycles. The minimum atomic E-state index is -0.999. The predicted molar refractivity (Wildman–Crippen MR) is 162 cm³/mol. The Morgan fingerprint density at radius 2 is 2.00 bits per heavy atom. The molecule has 2 aliphatic rings. The lowest BCUT2D eigenvalue weighted by atomic mass is 9.96. The van der Waals surface area contributed by atoms with Gasteiger partial charge in [0, 0.05) is 44.0 Å². The summed E-state index contributed by atoms with van der Waals surface area (Å²) in [6.07, 6.45) is 10.4. The number of nitrogens with one attached hydrogen (secondary N) is 1. The second-order valence-electron chi connectivity index (χ2n) is 11.3. The number of carboxylic acids is 1. The largest absolute Gasteiger partial charge is 0.480 e. The highest BCUT2D eigenvalue weighted by atomic mass is 32.2. The maximum absolute atomic E-state index is 13.4. The van der Waals surface area contributed by atoms with Gasteiger partial charge in [-0.15, -0.1) is 0 Å². The molecular weight excluding hydrogens is 552 g/mol. The van der Waals surface area contributed by atoms with E-state index in [-0.39, 0.29) is 29.8 Å². The molecule has 0 radical (unpaired) electrons. The Labute approximate surface area is 252 Å². The number of rotatable bonds is 14. The number of hydrogen-bond acceptors (Lipinski definition) is 7. The Hall–Kier alpha value is -3.36. The Bertz CT molecular complexity index is 1260. The smallest absolute Gasteiger partial charge is 0.326 e. The molecule has 2 aromatic rings. The van der Waals surface area contributed by atoms with Gasteiger partial charge in [0.15, 0.2) is 0 Å². The second kappa shape index (κ2) is 15.2.